The molecular weight excluding hydrogens is 276 g/mol. The van der Waals surface area contributed by atoms with Crippen LogP contribution in [0.5, 0.6) is 0 Å². The van der Waals surface area contributed by atoms with E-state index in [0.29, 0.717) is 11.6 Å². The van der Waals surface area contributed by atoms with Gasteiger partial charge in [0.1, 0.15) is 0 Å². The fourth-order valence-corrected chi connectivity index (χ4v) is 2.76. The molecule has 1 aromatic rings. The molecule has 1 aromatic carbocycles. The topological polar surface area (TPSA) is 61.4 Å². The van der Waals surface area contributed by atoms with Crippen LogP contribution < -0.4 is 10.6 Å². The summed E-state index contributed by atoms with van der Waals surface area (Å²) in [6.45, 7) is 2.20. The van der Waals surface area contributed by atoms with Crippen molar-refractivity contribution in [1.82, 2.24) is 10.6 Å². The van der Waals surface area contributed by atoms with Crippen molar-refractivity contribution in [3.63, 3.8) is 0 Å². The van der Waals surface area contributed by atoms with Crippen molar-refractivity contribution in [2.45, 2.75) is 44.2 Å². The lowest BCUT2D eigenvalue weighted by Gasteiger charge is -2.23. The van der Waals surface area contributed by atoms with Gasteiger partial charge in [-0.25, -0.2) is 4.79 Å². The number of urea groups is 1. The van der Waals surface area contributed by atoms with E-state index in [1.54, 1.807) is 6.07 Å². The van der Waals surface area contributed by atoms with Gasteiger partial charge in [-0.2, -0.15) is 0 Å². The van der Waals surface area contributed by atoms with Crippen LogP contribution in [-0.2, 0) is 0 Å². The molecule has 2 rings (SSSR count). The third-order valence-corrected chi connectivity index (χ3v) is 4.04. The summed E-state index contributed by atoms with van der Waals surface area (Å²) in [6, 6.07) is 7.01. The number of amides is 2. The lowest BCUT2D eigenvalue weighted by molar-refractivity contribution is 0.0500. The van der Waals surface area contributed by atoms with Gasteiger partial charge in [0.2, 0.25) is 0 Å². The molecule has 4 nitrogen and oxygen atoms in total. The Morgan fingerprint density at radius 1 is 1.45 bits per heavy atom. The predicted molar refractivity (Wildman–Crippen MR) is 79.8 cm³/mol. The molecule has 0 radical (unpaired) electrons. The molecule has 2 amide bonds. The van der Waals surface area contributed by atoms with E-state index in [-0.39, 0.29) is 12.1 Å². The van der Waals surface area contributed by atoms with Crippen LogP contribution in [0.15, 0.2) is 24.3 Å². The summed E-state index contributed by atoms with van der Waals surface area (Å²) in [4.78, 5) is 11.8. The SMILES string of the molecule is CC(NC(=O)NCC1(O)CCCC1)c1cccc(Cl)c1. The van der Waals surface area contributed by atoms with Gasteiger partial charge in [0.05, 0.1) is 11.6 Å². The Hall–Kier alpha value is -1.26. The monoisotopic (exact) mass is 296 g/mol. The fraction of sp³-hybridized carbons (Fsp3) is 0.533. The highest BCUT2D eigenvalue weighted by Gasteiger charge is 2.31. The molecule has 110 valence electrons. The Balaban J connectivity index is 1.82. The van der Waals surface area contributed by atoms with E-state index in [1.165, 1.54) is 0 Å². The van der Waals surface area contributed by atoms with Gasteiger partial charge in [0, 0.05) is 11.6 Å². The fourth-order valence-electron chi connectivity index (χ4n) is 2.56. The molecule has 0 bridgehead atoms. The first-order valence-electron chi connectivity index (χ1n) is 7.01. The van der Waals surface area contributed by atoms with Crippen molar-refractivity contribution in [1.29, 1.82) is 0 Å². The normalized spacial score (nSPS) is 18.6. The Morgan fingerprint density at radius 3 is 2.80 bits per heavy atom. The minimum atomic E-state index is -0.726. The van der Waals surface area contributed by atoms with Gasteiger partial charge in [-0.3, -0.25) is 0 Å². The van der Waals surface area contributed by atoms with Crippen LogP contribution in [0.4, 0.5) is 4.79 Å². The van der Waals surface area contributed by atoms with Crippen molar-refractivity contribution >= 4 is 17.6 Å². The Bertz CT molecular complexity index is 473. The van der Waals surface area contributed by atoms with Gasteiger partial charge < -0.3 is 15.7 Å². The predicted octanol–water partition coefficient (Wildman–Crippen LogP) is 3.01. The summed E-state index contributed by atoms with van der Waals surface area (Å²) in [6.07, 6.45) is 3.58. The maximum absolute atomic E-state index is 11.8. The summed E-state index contributed by atoms with van der Waals surface area (Å²) in [5, 5.41) is 16.4. The maximum atomic E-state index is 11.8. The molecule has 3 N–H and O–H groups in total. The van der Waals surface area contributed by atoms with Gasteiger partial charge in [0.15, 0.2) is 0 Å². The second kappa shape index (κ2) is 6.46. The third-order valence-electron chi connectivity index (χ3n) is 3.81. The van der Waals surface area contributed by atoms with Crippen LogP contribution in [0, 0.1) is 0 Å². The van der Waals surface area contributed by atoms with E-state index in [2.05, 4.69) is 10.6 Å². The van der Waals surface area contributed by atoms with Crippen LogP contribution in [0.2, 0.25) is 5.02 Å². The average Bonchev–Trinajstić information content (AvgIpc) is 2.84. The molecule has 0 heterocycles. The summed E-state index contributed by atoms with van der Waals surface area (Å²) in [5.41, 5.74) is 0.226. The minimum Gasteiger partial charge on any atom is -0.388 e. The third kappa shape index (κ3) is 4.12. The van der Waals surface area contributed by atoms with Crippen molar-refractivity contribution < 1.29 is 9.90 Å². The van der Waals surface area contributed by atoms with Crippen LogP contribution in [-0.4, -0.2) is 23.3 Å². The Labute approximate surface area is 124 Å². The number of aliphatic hydroxyl groups is 1. The molecule has 0 aliphatic heterocycles. The smallest absolute Gasteiger partial charge is 0.315 e. The number of halogens is 1. The zero-order chi connectivity index (χ0) is 14.6. The van der Waals surface area contributed by atoms with Gasteiger partial charge in [0.25, 0.3) is 0 Å². The highest BCUT2D eigenvalue weighted by Crippen LogP contribution is 2.28. The molecule has 1 saturated carbocycles. The van der Waals surface area contributed by atoms with Crippen molar-refractivity contribution in [2.24, 2.45) is 0 Å². The largest absolute Gasteiger partial charge is 0.388 e. The highest BCUT2D eigenvalue weighted by molar-refractivity contribution is 6.30. The van der Waals surface area contributed by atoms with E-state index >= 15 is 0 Å². The second-order valence-corrected chi connectivity index (χ2v) is 5.97. The van der Waals surface area contributed by atoms with Crippen LogP contribution >= 0.6 is 11.6 Å². The Kier molecular flexibility index (Phi) is 4.89. The zero-order valence-corrected chi connectivity index (χ0v) is 12.4. The first kappa shape index (κ1) is 15.1. The highest BCUT2D eigenvalue weighted by atomic mass is 35.5. The van der Waals surface area contributed by atoms with Crippen LogP contribution in [0.25, 0.3) is 0 Å². The minimum absolute atomic E-state index is 0.132. The average molecular weight is 297 g/mol. The molecule has 20 heavy (non-hydrogen) atoms. The standard InChI is InChI=1S/C15H21ClN2O2/c1-11(12-5-4-6-13(16)9-12)18-14(19)17-10-15(20)7-2-3-8-15/h4-6,9,11,20H,2-3,7-8,10H2,1H3,(H2,17,18,19). The van der Waals surface area contributed by atoms with Gasteiger partial charge in [-0.05, 0) is 37.5 Å². The summed E-state index contributed by atoms with van der Waals surface area (Å²) in [5.74, 6) is 0. The maximum Gasteiger partial charge on any atom is 0.315 e. The van der Waals surface area contributed by atoms with Gasteiger partial charge in [-0.1, -0.05) is 36.6 Å². The summed E-state index contributed by atoms with van der Waals surface area (Å²) >= 11 is 5.93. The first-order chi connectivity index (χ1) is 9.48. The number of benzene rings is 1. The molecule has 0 aromatic heterocycles. The van der Waals surface area contributed by atoms with Crippen molar-refractivity contribution in [3.05, 3.63) is 34.9 Å². The number of carbonyl (C=O) groups excluding carboxylic acids is 1. The molecule has 1 aliphatic carbocycles. The molecular formula is C15H21ClN2O2. The number of rotatable bonds is 4. The Morgan fingerprint density at radius 2 is 2.15 bits per heavy atom. The molecule has 0 spiro atoms. The summed E-state index contributed by atoms with van der Waals surface area (Å²) in [7, 11) is 0. The molecule has 1 unspecified atom stereocenters. The van der Waals surface area contributed by atoms with E-state index in [4.69, 9.17) is 11.6 Å². The molecule has 1 fully saturated rings. The van der Waals surface area contributed by atoms with Crippen molar-refractivity contribution in [3.8, 4) is 0 Å². The number of nitrogens with one attached hydrogen (secondary N) is 2. The van der Waals surface area contributed by atoms with E-state index in [9.17, 15) is 9.90 Å². The summed E-state index contributed by atoms with van der Waals surface area (Å²) < 4.78 is 0. The molecule has 5 heteroatoms. The second-order valence-electron chi connectivity index (χ2n) is 5.54. The van der Waals surface area contributed by atoms with Crippen LogP contribution in [0.3, 0.4) is 0 Å². The number of hydrogen-bond acceptors (Lipinski definition) is 2. The van der Waals surface area contributed by atoms with Crippen molar-refractivity contribution in [2.75, 3.05) is 6.54 Å². The van der Waals surface area contributed by atoms with Crippen LogP contribution in [0.1, 0.15) is 44.2 Å². The van der Waals surface area contributed by atoms with E-state index in [0.717, 1.165) is 31.2 Å². The zero-order valence-electron chi connectivity index (χ0n) is 11.7. The number of hydrogen-bond donors (Lipinski definition) is 3. The quantitative estimate of drug-likeness (QED) is 0.800. The lowest BCUT2D eigenvalue weighted by atomic mass is 10.0. The van der Waals surface area contributed by atoms with E-state index in [1.807, 2.05) is 25.1 Å². The molecule has 1 aliphatic rings. The van der Waals surface area contributed by atoms with Gasteiger partial charge in [-0.15, -0.1) is 0 Å². The lowest BCUT2D eigenvalue weighted by Crippen LogP contribution is -2.45. The van der Waals surface area contributed by atoms with Gasteiger partial charge >= 0.3 is 6.03 Å². The molecule has 1 atom stereocenters. The molecule has 0 saturated heterocycles. The number of carbonyl (C=O) groups is 1. The van der Waals surface area contributed by atoms with E-state index < -0.39 is 5.60 Å². The first-order valence-corrected chi connectivity index (χ1v) is 7.38.